The Kier molecular flexibility index (Phi) is 7.52. The van der Waals surface area contributed by atoms with Gasteiger partial charge in [0.25, 0.3) is 0 Å². The average molecular weight is 457 g/mol. The number of ketones is 1. The molecule has 0 saturated heterocycles. The van der Waals surface area contributed by atoms with E-state index in [-0.39, 0.29) is 42.4 Å². The molecule has 8 nitrogen and oxygen atoms in total. The van der Waals surface area contributed by atoms with E-state index in [2.05, 4.69) is 9.98 Å². The molecule has 9 heteroatoms. The van der Waals surface area contributed by atoms with Crippen molar-refractivity contribution >= 4 is 22.8 Å². The summed E-state index contributed by atoms with van der Waals surface area (Å²) in [5.74, 6) is 0.669. The molecule has 1 unspecified atom stereocenters. The van der Waals surface area contributed by atoms with E-state index in [1.54, 1.807) is 26.0 Å². The lowest BCUT2D eigenvalue weighted by atomic mass is 9.98. The molecule has 4 N–H and O–H groups in total. The van der Waals surface area contributed by atoms with Crippen LogP contribution in [0.15, 0.2) is 33.7 Å². The lowest BCUT2D eigenvalue weighted by Crippen LogP contribution is -2.23. The molecule has 33 heavy (non-hydrogen) atoms. The molecule has 0 aliphatic heterocycles. The van der Waals surface area contributed by atoms with Crippen molar-refractivity contribution in [3.8, 4) is 11.5 Å². The van der Waals surface area contributed by atoms with E-state index in [1.165, 1.54) is 19.1 Å². The first-order valence-electron chi connectivity index (χ1n) is 10.7. The highest BCUT2D eigenvalue weighted by Crippen LogP contribution is 2.42. The number of oxazole rings is 1. The molecule has 0 spiro atoms. The predicted molar refractivity (Wildman–Crippen MR) is 125 cm³/mol. The maximum absolute atomic E-state index is 13.2. The van der Waals surface area contributed by atoms with Crippen LogP contribution in [-0.4, -0.2) is 36.5 Å². The Bertz CT molecular complexity index is 1170. The van der Waals surface area contributed by atoms with Crippen molar-refractivity contribution < 1.29 is 23.1 Å². The highest BCUT2D eigenvalue weighted by molar-refractivity contribution is 6.05. The summed E-state index contributed by atoms with van der Waals surface area (Å²) in [6, 6.07) is 6.40. The zero-order valence-corrected chi connectivity index (χ0v) is 19.3. The van der Waals surface area contributed by atoms with Crippen LogP contribution in [0.3, 0.4) is 0 Å². The summed E-state index contributed by atoms with van der Waals surface area (Å²) in [6.45, 7) is 7.69. The molecule has 0 aliphatic carbocycles. The highest BCUT2D eigenvalue weighted by atomic mass is 19.1. The Morgan fingerprint density at radius 3 is 2.45 bits per heavy atom. The Hall–Kier alpha value is -3.62. The van der Waals surface area contributed by atoms with Gasteiger partial charge in [0.1, 0.15) is 17.9 Å². The molecule has 2 aromatic carbocycles. The average Bonchev–Trinajstić information content (AvgIpc) is 3.15. The number of carbonyl (C=O) groups is 1. The summed E-state index contributed by atoms with van der Waals surface area (Å²) in [6.07, 6.45) is 0.650. The van der Waals surface area contributed by atoms with Gasteiger partial charge in [-0.1, -0.05) is 19.1 Å². The smallest absolute Gasteiger partial charge is 0.207 e. The molecule has 0 amide bonds. The van der Waals surface area contributed by atoms with Crippen molar-refractivity contribution in [1.29, 1.82) is 0 Å². The van der Waals surface area contributed by atoms with Crippen molar-refractivity contribution in [1.82, 2.24) is 4.98 Å². The number of guanidine groups is 1. The zero-order chi connectivity index (χ0) is 24.1. The van der Waals surface area contributed by atoms with Gasteiger partial charge < -0.3 is 25.4 Å². The number of benzene rings is 2. The molecule has 1 heterocycles. The van der Waals surface area contributed by atoms with Crippen molar-refractivity contribution in [2.75, 3.05) is 19.8 Å². The number of halogens is 1. The molecule has 3 aromatic rings. The number of aliphatic imine (C=N–C) groups is 1. The Morgan fingerprint density at radius 2 is 1.82 bits per heavy atom. The minimum atomic E-state index is -0.274. The summed E-state index contributed by atoms with van der Waals surface area (Å²) in [5.41, 5.74) is 13.8. The molecule has 1 atom stereocenters. The summed E-state index contributed by atoms with van der Waals surface area (Å²) in [7, 11) is 0. The highest BCUT2D eigenvalue weighted by Gasteiger charge is 2.26. The van der Waals surface area contributed by atoms with E-state index in [0.717, 1.165) is 5.56 Å². The quantitative estimate of drug-likeness (QED) is 0.204. The van der Waals surface area contributed by atoms with Crippen molar-refractivity contribution in [3.63, 3.8) is 0 Å². The van der Waals surface area contributed by atoms with Crippen LogP contribution in [0.25, 0.3) is 11.1 Å². The van der Waals surface area contributed by atoms with Crippen molar-refractivity contribution in [3.05, 3.63) is 52.7 Å². The van der Waals surface area contributed by atoms with Crippen molar-refractivity contribution in [2.24, 2.45) is 16.5 Å². The van der Waals surface area contributed by atoms with Crippen LogP contribution in [-0.2, 0) is 0 Å². The third-order valence-electron chi connectivity index (χ3n) is 5.32. The zero-order valence-electron chi connectivity index (χ0n) is 19.3. The topological polar surface area (TPSA) is 126 Å². The second kappa shape index (κ2) is 10.3. The summed E-state index contributed by atoms with van der Waals surface area (Å²) < 4.78 is 31.1. The van der Waals surface area contributed by atoms with Crippen LogP contribution in [0.4, 0.5) is 4.39 Å². The SMILES string of the molecule is CC(=O)c1c(OCCN=C(N)N)c(OCCC(C)c2ccc(F)cc2)c2oc(C)nc2c1C. The molecule has 0 radical (unpaired) electrons. The monoisotopic (exact) mass is 456 g/mol. The fourth-order valence-electron chi connectivity index (χ4n) is 3.65. The minimum Gasteiger partial charge on any atom is -0.487 e. The Balaban J connectivity index is 1.92. The molecule has 0 bridgehead atoms. The van der Waals surface area contributed by atoms with Gasteiger partial charge in [0.05, 0.1) is 18.7 Å². The van der Waals surface area contributed by atoms with Crippen molar-refractivity contribution in [2.45, 2.75) is 40.0 Å². The number of nitrogens with two attached hydrogens (primary N) is 2. The number of ether oxygens (including phenoxy) is 2. The molecular weight excluding hydrogens is 427 g/mol. The maximum Gasteiger partial charge on any atom is 0.207 e. The van der Waals surface area contributed by atoms with E-state index in [4.69, 9.17) is 25.4 Å². The van der Waals surface area contributed by atoms with Gasteiger partial charge in [0.2, 0.25) is 11.3 Å². The number of nitrogens with zero attached hydrogens (tertiary/aromatic N) is 2. The number of hydrogen-bond donors (Lipinski definition) is 2. The Labute approximate surface area is 191 Å². The van der Waals surface area contributed by atoms with E-state index in [9.17, 15) is 9.18 Å². The van der Waals surface area contributed by atoms with Crippen LogP contribution < -0.4 is 20.9 Å². The largest absolute Gasteiger partial charge is 0.487 e. The number of fused-ring (bicyclic) bond motifs is 1. The summed E-state index contributed by atoms with van der Waals surface area (Å²) >= 11 is 0. The van der Waals surface area contributed by atoms with Gasteiger partial charge in [-0.3, -0.25) is 9.79 Å². The standard InChI is InChI=1S/C24H29FN4O4/c1-13(17-5-7-18(25)8-6-17)9-11-31-23-21(32-12-10-28-24(26)27)19(15(3)30)14(2)20-22(23)33-16(4)29-20/h5-8,13H,9-12H2,1-4H3,(H4,26,27,28). The molecule has 1 aromatic heterocycles. The third kappa shape index (κ3) is 5.60. The van der Waals surface area contributed by atoms with Crippen LogP contribution in [0.1, 0.15) is 53.6 Å². The molecule has 3 rings (SSSR count). The van der Waals surface area contributed by atoms with E-state index in [1.807, 2.05) is 6.92 Å². The number of aryl methyl sites for hydroxylation is 2. The van der Waals surface area contributed by atoms with Gasteiger partial charge in [-0.25, -0.2) is 9.37 Å². The van der Waals surface area contributed by atoms with Gasteiger partial charge in [0.15, 0.2) is 23.4 Å². The fourth-order valence-corrected chi connectivity index (χ4v) is 3.65. The fraction of sp³-hybridized carbons (Fsp3) is 0.375. The first-order valence-corrected chi connectivity index (χ1v) is 10.7. The minimum absolute atomic E-state index is 0.0471. The molecular formula is C24H29FN4O4. The molecule has 176 valence electrons. The number of Topliss-reactive ketones (excluding diaryl/α,β-unsaturated/α-hetero) is 1. The Morgan fingerprint density at radius 1 is 1.15 bits per heavy atom. The third-order valence-corrected chi connectivity index (χ3v) is 5.32. The van der Waals surface area contributed by atoms with Crippen LogP contribution >= 0.6 is 0 Å². The van der Waals surface area contributed by atoms with Gasteiger partial charge in [-0.15, -0.1) is 0 Å². The lowest BCUT2D eigenvalue weighted by Gasteiger charge is -2.18. The summed E-state index contributed by atoms with van der Waals surface area (Å²) in [4.78, 5) is 20.9. The number of aromatic nitrogens is 1. The van der Waals surface area contributed by atoms with Crippen LogP contribution in [0.2, 0.25) is 0 Å². The van der Waals surface area contributed by atoms with E-state index in [0.29, 0.717) is 46.9 Å². The number of carbonyl (C=O) groups excluding carboxylic acids is 1. The van der Waals surface area contributed by atoms with Gasteiger partial charge in [-0.05, 0) is 49.4 Å². The van der Waals surface area contributed by atoms with Crippen LogP contribution in [0, 0.1) is 19.7 Å². The van der Waals surface area contributed by atoms with Crippen LogP contribution in [0.5, 0.6) is 11.5 Å². The predicted octanol–water partition coefficient (Wildman–Crippen LogP) is 4.01. The van der Waals surface area contributed by atoms with Gasteiger partial charge >= 0.3 is 0 Å². The van der Waals surface area contributed by atoms with Gasteiger partial charge in [0, 0.05) is 6.92 Å². The molecule has 0 aliphatic rings. The second-order valence-corrected chi connectivity index (χ2v) is 7.87. The number of hydrogen-bond acceptors (Lipinski definition) is 6. The maximum atomic E-state index is 13.2. The van der Waals surface area contributed by atoms with E-state index < -0.39 is 0 Å². The van der Waals surface area contributed by atoms with E-state index >= 15 is 0 Å². The first-order chi connectivity index (χ1) is 15.7. The first kappa shape index (κ1) is 24.0. The molecule has 0 saturated carbocycles. The second-order valence-electron chi connectivity index (χ2n) is 7.87. The lowest BCUT2D eigenvalue weighted by molar-refractivity contribution is 0.101. The number of rotatable bonds is 10. The summed E-state index contributed by atoms with van der Waals surface area (Å²) in [5, 5.41) is 0. The molecule has 0 fully saturated rings. The normalized spacial score (nSPS) is 11.9. The van der Waals surface area contributed by atoms with Gasteiger partial charge in [-0.2, -0.15) is 0 Å².